The Morgan fingerprint density at radius 3 is 1.69 bits per heavy atom. The van der Waals surface area contributed by atoms with Crippen LogP contribution in [0.2, 0.25) is 0 Å². The van der Waals surface area contributed by atoms with Gasteiger partial charge < -0.3 is 4.74 Å². The molecule has 2 aromatic rings. The number of hydrogen-bond acceptors (Lipinski definition) is 5. The van der Waals surface area contributed by atoms with Gasteiger partial charge in [0.25, 0.3) is 11.8 Å². The quantitative estimate of drug-likeness (QED) is 0.0833. The van der Waals surface area contributed by atoms with Crippen molar-refractivity contribution in [1.29, 1.82) is 0 Å². The zero-order valence-corrected chi connectivity index (χ0v) is 21.8. The number of hydrogen-bond donors (Lipinski definition) is 4. The molecule has 7 nitrogen and oxygen atoms in total. The largest absolute Gasteiger partial charge is 0.457 e. The van der Waals surface area contributed by atoms with Crippen molar-refractivity contribution in [2.24, 2.45) is 11.7 Å². The number of aryl methyl sites for hydroxylation is 1. The standard InChI is InChI=1S/C29H44N4O3/c1-2-3-4-5-6-7-8-9-10-11-12-13-14-15-24-22-26(20-21-27(24)29(35)33-31)36-25-18-16-23(17-19-25)28(34)32-30/h16-22H,2-15,30-31H2,1H3,(H,32,34)(H,33,35). The number of ether oxygens (including phenoxy) is 1. The molecule has 6 N–H and O–H groups in total. The normalized spacial score (nSPS) is 10.8. The average Bonchev–Trinajstić information content (AvgIpc) is 2.91. The van der Waals surface area contributed by atoms with Gasteiger partial charge in [-0.25, -0.2) is 11.7 Å². The Bertz CT molecular complexity index is 915. The number of rotatable bonds is 18. The van der Waals surface area contributed by atoms with Crippen molar-refractivity contribution in [1.82, 2.24) is 10.9 Å². The van der Waals surface area contributed by atoms with E-state index in [1.807, 2.05) is 6.07 Å². The van der Waals surface area contributed by atoms with Crippen molar-refractivity contribution in [3.8, 4) is 11.5 Å². The minimum absolute atomic E-state index is 0.302. The van der Waals surface area contributed by atoms with Crippen molar-refractivity contribution >= 4 is 11.8 Å². The van der Waals surface area contributed by atoms with Crippen molar-refractivity contribution in [3.05, 3.63) is 59.2 Å². The van der Waals surface area contributed by atoms with Crippen molar-refractivity contribution in [2.75, 3.05) is 0 Å². The fourth-order valence-corrected chi connectivity index (χ4v) is 4.37. The Labute approximate surface area is 216 Å². The molecule has 0 spiro atoms. The topological polar surface area (TPSA) is 119 Å². The second-order valence-electron chi connectivity index (χ2n) is 9.38. The summed E-state index contributed by atoms with van der Waals surface area (Å²) in [6, 6.07) is 12.1. The number of nitrogens with two attached hydrogens (primary N) is 2. The van der Waals surface area contributed by atoms with Gasteiger partial charge in [0.15, 0.2) is 0 Å². The van der Waals surface area contributed by atoms with Gasteiger partial charge in [-0.2, -0.15) is 0 Å². The Hall–Kier alpha value is -2.90. The molecule has 0 aliphatic heterocycles. The van der Waals surface area contributed by atoms with Crippen molar-refractivity contribution in [3.63, 3.8) is 0 Å². The van der Waals surface area contributed by atoms with Crippen LogP contribution in [-0.2, 0) is 6.42 Å². The van der Waals surface area contributed by atoms with Crippen LogP contribution in [0.25, 0.3) is 0 Å². The minimum Gasteiger partial charge on any atom is -0.457 e. The number of nitrogen functional groups attached to an aromatic ring is 2. The van der Waals surface area contributed by atoms with Gasteiger partial charge in [-0.05, 0) is 60.9 Å². The number of carbonyl (C=O) groups excluding carboxylic acids is 2. The summed E-state index contributed by atoms with van der Waals surface area (Å²) < 4.78 is 5.95. The molecule has 2 amide bonds. The first-order valence-electron chi connectivity index (χ1n) is 13.5. The van der Waals surface area contributed by atoms with Gasteiger partial charge in [0, 0.05) is 11.1 Å². The first-order chi connectivity index (χ1) is 17.6. The number of amides is 2. The molecule has 0 saturated carbocycles. The highest BCUT2D eigenvalue weighted by Crippen LogP contribution is 2.26. The SMILES string of the molecule is CCCCCCCCCCCCCCCc1cc(Oc2ccc(C(=O)NN)cc2)ccc1C(=O)NN. The summed E-state index contributed by atoms with van der Waals surface area (Å²) >= 11 is 0. The van der Waals surface area contributed by atoms with Crippen LogP contribution in [0.1, 0.15) is 117 Å². The van der Waals surface area contributed by atoms with Crippen LogP contribution in [0.15, 0.2) is 42.5 Å². The maximum Gasteiger partial charge on any atom is 0.265 e. The van der Waals surface area contributed by atoms with Crippen LogP contribution in [0.4, 0.5) is 0 Å². The minimum atomic E-state index is -0.362. The van der Waals surface area contributed by atoms with E-state index in [2.05, 4.69) is 17.8 Å². The average molecular weight is 497 g/mol. The molecule has 0 radical (unpaired) electrons. The lowest BCUT2D eigenvalue weighted by molar-refractivity contribution is 0.0945. The van der Waals surface area contributed by atoms with E-state index in [1.54, 1.807) is 36.4 Å². The maximum absolute atomic E-state index is 12.2. The molecule has 0 unspecified atom stereocenters. The smallest absolute Gasteiger partial charge is 0.265 e. The Balaban J connectivity index is 1.77. The molecule has 0 saturated heterocycles. The first-order valence-corrected chi connectivity index (χ1v) is 13.5. The molecular weight excluding hydrogens is 452 g/mol. The molecular formula is C29H44N4O3. The van der Waals surface area contributed by atoms with E-state index >= 15 is 0 Å². The summed E-state index contributed by atoms with van der Waals surface area (Å²) in [7, 11) is 0. The number of carbonyl (C=O) groups is 2. The van der Waals surface area contributed by atoms with E-state index in [0.717, 1.165) is 24.8 Å². The number of hydrazine groups is 2. The number of nitrogens with one attached hydrogen (secondary N) is 2. The lowest BCUT2D eigenvalue weighted by Crippen LogP contribution is -2.30. The summed E-state index contributed by atoms with van der Waals surface area (Å²) in [6.07, 6.45) is 17.7. The third-order valence-electron chi connectivity index (χ3n) is 6.49. The third kappa shape index (κ3) is 10.8. The van der Waals surface area contributed by atoms with Gasteiger partial charge in [0.05, 0.1) is 0 Å². The van der Waals surface area contributed by atoms with Crippen molar-refractivity contribution < 1.29 is 14.3 Å². The van der Waals surface area contributed by atoms with Crippen LogP contribution in [0.3, 0.4) is 0 Å². The second kappa shape index (κ2) is 17.5. The van der Waals surface area contributed by atoms with E-state index in [1.165, 1.54) is 70.6 Å². The Kier molecular flexibility index (Phi) is 14.3. The highest BCUT2D eigenvalue weighted by Gasteiger charge is 2.12. The van der Waals surface area contributed by atoms with Crippen LogP contribution in [0.5, 0.6) is 11.5 Å². The van der Waals surface area contributed by atoms with Crippen molar-refractivity contribution in [2.45, 2.75) is 96.8 Å². The molecule has 0 heterocycles. The van der Waals surface area contributed by atoms with Crippen LogP contribution >= 0.6 is 0 Å². The van der Waals surface area contributed by atoms with Gasteiger partial charge in [0.1, 0.15) is 11.5 Å². The maximum atomic E-state index is 12.2. The fourth-order valence-electron chi connectivity index (χ4n) is 4.37. The Morgan fingerprint density at radius 2 is 1.17 bits per heavy atom. The first kappa shape index (κ1) is 29.3. The molecule has 0 atom stereocenters. The molecule has 0 aromatic heterocycles. The molecule has 198 valence electrons. The third-order valence-corrected chi connectivity index (χ3v) is 6.49. The number of benzene rings is 2. The Morgan fingerprint density at radius 1 is 0.667 bits per heavy atom. The van der Waals surface area contributed by atoms with Gasteiger partial charge in [-0.3, -0.25) is 20.4 Å². The molecule has 7 heteroatoms. The summed E-state index contributed by atoms with van der Waals surface area (Å²) in [5, 5.41) is 0. The second-order valence-corrected chi connectivity index (χ2v) is 9.38. The van der Waals surface area contributed by atoms with E-state index in [-0.39, 0.29) is 11.8 Å². The van der Waals surface area contributed by atoms with Crippen LogP contribution < -0.4 is 27.3 Å². The van der Waals surface area contributed by atoms with Crippen LogP contribution in [0, 0.1) is 0 Å². The molecule has 0 aliphatic rings. The van der Waals surface area contributed by atoms with Gasteiger partial charge in [-0.1, -0.05) is 84.0 Å². The molecule has 0 bridgehead atoms. The predicted octanol–water partition coefficient (Wildman–Crippen LogP) is 6.32. The van der Waals surface area contributed by atoms with E-state index in [9.17, 15) is 9.59 Å². The summed E-state index contributed by atoms with van der Waals surface area (Å²) in [6.45, 7) is 2.26. The predicted molar refractivity (Wildman–Crippen MR) is 146 cm³/mol. The van der Waals surface area contributed by atoms with E-state index in [0.29, 0.717) is 22.6 Å². The zero-order valence-electron chi connectivity index (χ0n) is 21.8. The molecule has 36 heavy (non-hydrogen) atoms. The highest BCUT2D eigenvalue weighted by molar-refractivity contribution is 5.95. The molecule has 2 aromatic carbocycles. The van der Waals surface area contributed by atoms with Gasteiger partial charge in [-0.15, -0.1) is 0 Å². The highest BCUT2D eigenvalue weighted by atomic mass is 16.5. The summed E-state index contributed by atoms with van der Waals surface area (Å²) in [5.74, 6) is 11.1. The lowest BCUT2D eigenvalue weighted by Gasteiger charge is -2.12. The van der Waals surface area contributed by atoms with E-state index in [4.69, 9.17) is 16.4 Å². The summed E-state index contributed by atoms with van der Waals surface area (Å²) in [5.41, 5.74) is 6.27. The lowest BCUT2D eigenvalue weighted by atomic mass is 9.99. The van der Waals surface area contributed by atoms with Gasteiger partial charge >= 0.3 is 0 Å². The molecule has 2 rings (SSSR count). The van der Waals surface area contributed by atoms with Crippen LogP contribution in [-0.4, -0.2) is 11.8 Å². The van der Waals surface area contributed by atoms with Gasteiger partial charge in [0.2, 0.25) is 0 Å². The molecule has 0 fully saturated rings. The fraction of sp³-hybridized carbons (Fsp3) is 0.517. The zero-order chi connectivity index (χ0) is 26.0. The van der Waals surface area contributed by atoms with E-state index < -0.39 is 0 Å². The molecule has 0 aliphatic carbocycles. The number of unbranched alkanes of at least 4 members (excludes halogenated alkanes) is 12. The monoisotopic (exact) mass is 496 g/mol. The summed E-state index contributed by atoms with van der Waals surface area (Å²) in [4.78, 5) is 23.8.